The van der Waals surface area contributed by atoms with Crippen molar-refractivity contribution in [1.82, 2.24) is 9.55 Å². The quantitative estimate of drug-likeness (QED) is 0.671. The number of amides is 1. The van der Waals surface area contributed by atoms with Gasteiger partial charge in [-0.05, 0) is 45.9 Å². The summed E-state index contributed by atoms with van der Waals surface area (Å²) >= 11 is 0. The number of aromatic nitrogens is 2. The molecule has 1 aromatic heterocycles. The van der Waals surface area contributed by atoms with Crippen LogP contribution in [-0.4, -0.2) is 71.3 Å². The first-order valence-electron chi connectivity index (χ1n) is 11.9. The van der Waals surface area contributed by atoms with Crippen molar-refractivity contribution in [2.75, 3.05) is 19.0 Å². The van der Waals surface area contributed by atoms with Crippen LogP contribution in [-0.2, 0) is 28.4 Å². The van der Waals surface area contributed by atoms with Crippen molar-refractivity contribution in [3.8, 4) is 0 Å². The van der Waals surface area contributed by atoms with Crippen LogP contribution in [0, 0.1) is 0 Å². The van der Waals surface area contributed by atoms with Gasteiger partial charge >= 0.3 is 5.69 Å². The zero-order valence-corrected chi connectivity index (χ0v) is 20.9. The van der Waals surface area contributed by atoms with Gasteiger partial charge < -0.3 is 33.7 Å². The lowest BCUT2D eigenvalue weighted by Crippen LogP contribution is -2.55. The second-order valence-electron chi connectivity index (χ2n) is 9.95. The van der Waals surface area contributed by atoms with Crippen LogP contribution < -0.4 is 11.0 Å². The zero-order valence-electron chi connectivity index (χ0n) is 20.9. The maximum atomic E-state index is 13.1. The molecule has 3 saturated heterocycles. The van der Waals surface area contributed by atoms with Crippen LogP contribution in [0.5, 0.6) is 0 Å². The summed E-state index contributed by atoms with van der Waals surface area (Å²) in [6.45, 7) is 7.52. The number of rotatable bonds is 4. The summed E-state index contributed by atoms with van der Waals surface area (Å²) in [6.07, 6.45) is -2.31. The fraction of sp³-hybridized carbons (Fsp3) is 0.560. The summed E-state index contributed by atoms with van der Waals surface area (Å²) < 4.78 is 38.0. The molecule has 3 aliphatic heterocycles. The number of fused-ring (bicyclic) bond motifs is 3. The molecule has 0 saturated carbocycles. The average Bonchev–Trinajstić information content (AvgIpc) is 3.09. The molecule has 2 aromatic rings. The first-order valence-corrected chi connectivity index (χ1v) is 11.9. The van der Waals surface area contributed by atoms with E-state index in [1.807, 2.05) is 33.8 Å². The van der Waals surface area contributed by atoms with Gasteiger partial charge in [-0.3, -0.25) is 9.36 Å². The van der Waals surface area contributed by atoms with E-state index in [4.69, 9.17) is 28.4 Å². The number of anilines is 1. The number of nitrogens with zero attached hydrogens (tertiary/aromatic N) is 2. The van der Waals surface area contributed by atoms with Crippen LogP contribution in [0.4, 0.5) is 5.82 Å². The molecule has 1 N–H and O–H groups in total. The fourth-order valence-electron chi connectivity index (χ4n) is 4.88. The van der Waals surface area contributed by atoms with Crippen LogP contribution in [0.3, 0.4) is 0 Å². The maximum absolute atomic E-state index is 13.1. The van der Waals surface area contributed by atoms with Crippen molar-refractivity contribution in [2.24, 2.45) is 0 Å². The van der Waals surface area contributed by atoms with E-state index >= 15 is 0 Å². The normalized spacial score (nSPS) is 32.7. The van der Waals surface area contributed by atoms with Crippen molar-refractivity contribution in [3.63, 3.8) is 0 Å². The summed E-state index contributed by atoms with van der Waals surface area (Å²) in [7, 11) is 1.52. The molecule has 194 valence electrons. The van der Waals surface area contributed by atoms with Gasteiger partial charge in [0, 0.05) is 18.9 Å². The molecule has 3 fully saturated rings. The molecule has 36 heavy (non-hydrogen) atoms. The van der Waals surface area contributed by atoms with Gasteiger partial charge in [0.1, 0.15) is 36.3 Å². The van der Waals surface area contributed by atoms with E-state index < -0.39 is 54.0 Å². The molecule has 0 radical (unpaired) electrons. The van der Waals surface area contributed by atoms with Crippen LogP contribution in [0.15, 0.2) is 47.4 Å². The van der Waals surface area contributed by atoms with Gasteiger partial charge in [-0.1, -0.05) is 18.2 Å². The van der Waals surface area contributed by atoms with Crippen molar-refractivity contribution in [3.05, 3.63) is 58.6 Å². The maximum Gasteiger partial charge on any atom is 0.351 e. The van der Waals surface area contributed by atoms with Crippen LogP contribution in [0.25, 0.3) is 0 Å². The number of carbonyl (C=O) groups excluding carboxylic acids is 1. The van der Waals surface area contributed by atoms with E-state index in [0.29, 0.717) is 5.56 Å². The third kappa shape index (κ3) is 4.82. The Morgan fingerprint density at radius 2 is 1.72 bits per heavy atom. The molecule has 1 aromatic carbocycles. The SMILES string of the molecule is COC1C(n2ccc(NC(=O)c3ccccc3)nc2=O)OC2COC(C)(C)O[C@@H]2C2OC(C)(C)O[C@@H]12. The minimum atomic E-state index is -0.915. The molecular formula is C25H31N3O8. The molecule has 11 heteroatoms. The molecule has 0 bridgehead atoms. The van der Waals surface area contributed by atoms with E-state index in [1.165, 1.54) is 23.9 Å². The first kappa shape index (κ1) is 25.0. The Kier molecular flexibility index (Phi) is 6.48. The van der Waals surface area contributed by atoms with E-state index in [-0.39, 0.29) is 18.3 Å². The minimum Gasteiger partial charge on any atom is -0.374 e. The topological polar surface area (TPSA) is 119 Å². The number of ether oxygens (including phenoxy) is 6. The molecule has 11 nitrogen and oxygen atoms in total. The first-order chi connectivity index (χ1) is 17.1. The molecule has 0 spiro atoms. The highest BCUT2D eigenvalue weighted by molar-refractivity contribution is 6.03. The Labute approximate surface area is 208 Å². The lowest BCUT2D eigenvalue weighted by atomic mass is 9.99. The zero-order chi connectivity index (χ0) is 25.7. The molecule has 6 atom stereocenters. The minimum absolute atomic E-state index is 0.121. The molecule has 5 rings (SSSR count). The van der Waals surface area contributed by atoms with Gasteiger partial charge in [-0.2, -0.15) is 4.98 Å². The van der Waals surface area contributed by atoms with E-state index in [2.05, 4.69) is 10.3 Å². The highest BCUT2D eigenvalue weighted by Crippen LogP contribution is 2.43. The van der Waals surface area contributed by atoms with Crippen LogP contribution in [0.2, 0.25) is 0 Å². The summed E-state index contributed by atoms with van der Waals surface area (Å²) in [5, 5.41) is 2.65. The predicted octanol–water partition coefficient (Wildman–Crippen LogP) is 2.08. The second-order valence-corrected chi connectivity index (χ2v) is 9.95. The smallest absolute Gasteiger partial charge is 0.351 e. The molecular weight excluding hydrogens is 470 g/mol. The van der Waals surface area contributed by atoms with Gasteiger partial charge in [0.05, 0.1) is 6.61 Å². The Morgan fingerprint density at radius 3 is 2.42 bits per heavy atom. The Bertz CT molecular complexity index is 1170. The standard InChI is InChI=1S/C25H31N3O8/c1-24(2)32-13-15-17(34-24)18-19(36-25(3,4)35-18)20(31-5)22(33-15)28-12-11-16(27-23(28)30)26-21(29)14-9-7-6-8-10-14/h6-12,15,17-20,22H,13H2,1-5H3,(H,26,27,29,30)/t15?,17-,18?,19+,20?,22?/m0/s1. The van der Waals surface area contributed by atoms with Crippen molar-refractivity contribution >= 4 is 11.7 Å². The van der Waals surface area contributed by atoms with E-state index in [0.717, 1.165) is 0 Å². The average molecular weight is 502 g/mol. The summed E-state index contributed by atoms with van der Waals surface area (Å²) in [4.78, 5) is 29.7. The third-order valence-electron chi connectivity index (χ3n) is 6.44. The molecule has 4 heterocycles. The molecule has 4 unspecified atom stereocenters. The number of benzene rings is 1. The van der Waals surface area contributed by atoms with Gasteiger partial charge in [0.2, 0.25) is 0 Å². The monoisotopic (exact) mass is 501 g/mol. The van der Waals surface area contributed by atoms with Crippen molar-refractivity contribution in [1.29, 1.82) is 0 Å². The summed E-state index contributed by atoms with van der Waals surface area (Å²) in [5.74, 6) is -1.98. The van der Waals surface area contributed by atoms with Gasteiger partial charge in [0.15, 0.2) is 17.8 Å². The van der Waals surface area contributed by atoms with Gasteiger partial charge in [-0.25, -0.2) is 4.79 Å². The predicted molar refractivity (Wildman–Crippen MR) is 126 cm³/mol. The number of nitrogens with one attached hydrogen (secondary N) is 1. The number of methoxy groups -OCH3 is 1. The highest BCUT2D eigenvalue weighted by atomic mass is 16.8. The van der Waals surface area contributed by atoms with Gasteiger partial charge in [0.25, 0.3) is 5.91 Å². The Morgan fingerprint density at radius 1 is 1.03 bits per heavy atom. The third-order valence-corrected chi connectivity index (χ3v) is 6.44. The molecule has 3 aliphatic rings. The van der Waals surface area contributed by atoms with E-state index in [1.54, 1.807) is 24.3 Å². The molecule has 0 aliphatic carbocycles. The van der Waals surface area contributed by atoms with Gasteiger partial charge in [-0.15, -0.1) is 0 Å². The number of hydrogen-bond donors (Lipinski definition) is 1. The fourth-order valence-corrected chi connectivity index (χ4v) is 4.88. The van der Waals surface area contributed by atoms with Crippen LogP contribution >= 0.6 is 0 Å². The lowest BCUT2D eigenvalue weighted by molar-refractivity contribution is -0.333. The molecule has 1 amide bonds. The summed E-state index contributed by atoms with van der Waals surface area (Å²) in [6, 6.07) is 10.2. The second kappa shape index (κ2) is 9.33. The number of carbonyl (C=O) groups is 1. The number of hydrogen-bond acceptors (Lipinski definition) is 9. The Hall–Kier alpha value is -2.67. The van der Waals surface area contributed by atoms with Crippen LogP contribution in [0.1, 0.15) is 44.3 Å². The van der Waals surface area contributed by atoms with E-state index in [9.17, 15) is 9.59 Å². The summed E-state index contributed by atoms with van der Waals surface area (Å²) in [5.41, 5.74) is -0.174. The lowest BCUT2D eigenvalue weighted by Gasteiger charge is -2.42. The van der Waals surface area contributed by atoms with Crippen molar-refractivity contribution in [2.45, 2.75) is 76.0 Å². The van der Waals surface area contributed by atoms with Crippen molar-refractivity contribution < 1.29 is 33.2 Å². The largest absolute Gasteiger partial charge is 0.374 e. The Balaban J connectivity index is 1.46. The highest BCUT2D eigenvalue weighted by Gasteiger charge is 2.59.